The largest absolute Gasteiger partial charge is 0.497 e. The third kappa shape index (κ3) is 6.08. The summed E-state index contributed by atoms with van der Waals surface area (Å²) in [6, 6.07) is 8.78. The highest BCUT2D eigenvalue weighted by Crippen LogP contribution is 2.20. The van der Waals surface area contributed by atoms with E-state index in [-0.39, 0.29) is 0 Å². The van der Waals surface area contributed by atoms with Crippen molar-refractivity contribution in [3.8, 4) is 5.75 Å². The molecule has 0 bridgehead atoms. The van der Waals surface area contributed by atoms with Gasteiger partial charge >= 0.3 is 0 Å². The first-order valence-corrected chi connectivity index (χ1v) is 7.18. The van der Waals surface area contributed by atoms with Crippen molar-refractivity contribution in [2.24, 2.45) is 0 Å². The predicted octanol–water partition coefficient (Wildman–Crippen LogP) is 3.55. The number of nitrogens with one attached hydrogen (secondary N) is 1. The van der Waals surface area contributed by atoms with Gasteiger partial charge in [0.1, 0.15) is 5.75 Å². The molecule has 1 atom stereocenters. The molecule has 0 aliphatic carbocycles. The lowest BCUT2D eigenvalue weighted by Crippen LogP contribution is -2.21. The molecule has 108 valence electrons. The molecule has 1 N–H and O–H groups in total. The van der Waals surface area contributed by atoms with E-state index in [0.717, 1.165) is 31.7 Å². The van der Waals surface area contributed by atoms with Gasteiger partial charge in [0.2, 0.25) is 0 Å². The molecule has 0 heterocycles. The zero-order valence-corrected chi connectivity index (χ0v) is 12.4. The van der Waals surface area contributed by atoms with Crippen molar-refractivity contribution in [3.63, 3.8) is 0 Å². The minimum absolute atomic E-state index is 0.438. The monoisotopic (exact) mass is 265 g/mol. The molecule has 0 spiro atoms. The maximum Gasteiger partial charge on any atom is 0.118 e. The Kier molecular flexibility index (Phi) is 8.26. The van der Waals surface area contributed by atoms with E-state index in [9.17, 15) is 0 Å². The first-order valence-electron chi connectivity index (χ1n) is 7.18. The Bertz CT molecular complexity index is 324. The summed E-state index contributed by atoms with van der Waals surface area (Å²) in [4.78, 5) is 0. The first-order chi connectivity index (χ1) is 9.31. The summed E-state index contributed by atoms with van der Waals surface area (Å²) in [5.41, 5.74) is 1.33. The Morgan fingerprint density at radius 1 is 1.05 bits per heavy atom. The lowest BCUT2D eigenvalue weighted by molar-refractivity contribution is 0.192. The molecule has 0 saturated carbocycles. The second-order valence-corrected chi connectivity index (χ2v) is 4.74. The summed E-state index contributed by atoms with van der Waals surface area (Å²) in [5.74, 6) is 0.915. The van der Waals surface area contributed by atoms with Crippen LogP contribution in [-0.4, -0.2) is 27.4 Å². The van der Waals surface area contributed by atoms with Crippen molar-refractivity contribution < 1.29 is 9.47 Å². The molecule has 19 heavy (non-hydrogen) atoms. The van der Waals surface area contributed by atoms with Crippen molar-refractivity contribution in [2.45, 2.75) is 38.6 Å². The van der Waals surface area contributed by atoms with Crippen LogP contribution >= 0.6 is 0 Å². The molecule has 1 unspecified atom stereocenters. The van der Waals surface area contributed by atoms with Gasteiger partial charge < -0.3 is 14.8 Å². The topological polar surface area (TPSA) is 30.5 Å². The summed E-state index contributed by atoms with van der Waals surface area (Å²) in [6.45, 7) is 4.15. The summed E-state index contributed by atoms with van der Waals surface area (Å²) in [5, 5.41) is 3.62. The van der Waals surface area contributed by atoms with Gasteiger partial charge in [-0.05, 0) is 49.9 Å². The van der Waals surface area contributed by atoms with Crippen LogP contribution < -0.4 is 10.1 Å². The number of methoxy groups -OCH3 is 2. The van der Waals surface area contributed by atoms with Crippen LogP contribution in [0.15, 0.2) is 24.3 Å². The van der Waals surface area contributed by atoms with Gasteiger partial charge in [0.05, 0.1) is 7.11 Å². The van der Waals surface area contributed by atoms with Gasteiger partial charge in [0.15, 0.2) is 0 Å². The van der Waals surface area contributed by atoms with Gasteiger partial charge in [-0.1, -0.05) is 19.1 Å². The Morgan fingerprint density at radius 2 is 1.79 bits per heavy atom. The quantitative estimate of drug-likeness (QED) is 0.656. The van der Waals surface area contributed by atoms with Gasteiger partial charge in [0.25, 0.3) is 0 Å². The third-order valence-electron chi connectivity index (χ3n) is 3.34. The number of ether oxygens (including phenoxy) is 2. The average molecular weight is 265 g/mol. The SMILES string of the molecule is CCC(NCCCCCOC)c1ccc(OC)cc1. The van der Waals surface area contributed by atoms with Crippen LogP contribution in [0.5, 0.6) is 5.75 Å². The second kappa shape index (κ2) is 9.82. The van der Waals surface area contributed by atoms with E-state index < -0.39 is 0 Å². The number of hydrogen-bond donors (Lipinski definition) is 1. The summed E-state index contributed by atoms with van der Waals surface area (Å²) in [6.07, 6.45) is 4.68. The number of hydrogen-bond acceptors (Lipinski definition) is 3. The normalized spacial score (nSPS) is 12.4. The Balaban J connectivity index is 2.31. The van der Waals surface area contributed by atoms with Crippen LogP contribution in [0.25, 0.3) is 0 Å². The van der Waals surface area contributed by atoms with E-state index in [1.807, 2.05) is 12.1 Å². The molecule has 1 aromatic carbocycles. The van der Waals surface area contributed by atoms with Crippen LogP contribution in [0.1, 0.15) is 44.2 Å². The smallest absolute Gasteiger partial charge is 0.118 e. The highest BCUT2D eigenvalue weighted by atomic mass is 16.5. The van der Waals surface area contributed by atoms with Crippen molar-refractivity contribution in [3.05, 3.63) is 29.8 Å². The number of benzene rings is 1. The molecule has 1 aromatic rings. The van der Waals surface area contributed by atoms with Crippen LogP contribution in [0.3, 0.4) is 0 Å². The number of rotatable bonds is 10. The van der Waals surface area contributed by atoms with Crippen LogP contribution in [0.2, 0.25) is 0 Å². The minimum Gasteiger partial charge on any atom is -0.497 e. The molecular formula is C16H27NO2. The lowest BCUT2D eigenvalue weighted by atomic mass is 10.0. The Hall–Kier alpha value is -1.06. The molecule has 0 amide bonds. The summed E-state index contributed by atoms with van der Waals surface area (Å²) in [7, 11) is 3.46. The highest BCUT2D eigenvalue weighted by molar-refractivity contribution is 5.29. The highest BCUT2D eigenvalue weighted by Gasteiger charge is 2.07. The maximum absolute atomic E-state index is 5.19. The average Bonchev–Trinajstić information content (AvgIpc) is 2.47. The van der Waals surface area contributed by atoms with Crippen molar-refractivity contribution in [1.29, 1.82) is 0 Å². The maximum atomic E-state index is 5.19. The molecule has 3 nitrogen and oxygen atoms in total. The van der Waals surface area contributed by atoms with Gasteiger partial charge in [-0.3, -0.25) is 0 Å². The van der Waals surface area contributed by atoms with Crippen LogP contribution in [0, 0.1) is 0 Å². The van der Waals surface area contributed by atoms with Crippen LogP contribution in [-0.2, 0) is 4.74 Å². The molecule has 0 aliphatic heterocycles. The second-order valence-electron chi connectivity index (χ2n) is 4.74. The van der Waals surface area contributed by atoms with E-state index >= 15 is 0 Å². The zero-order valence-electron chi connectivity index (χ0n) is 12.4. The fraction of sp³-hybridized carbons (Fsp3) is 0.625. The van der Waals surface area contributed by atoms with Crippen molar-refractivity contribution in [1.82, 2.24) is 5.32 Å². The third-order valence-corrected chi connectivity index (χ3v) is 3.34. The van der Waals surface area contributed by atoms with Crippen molar-refractivity contribution in [2.75, 3.05) is 27.4 Å². The number of unbranched alkanes of at least 4 members (excludes halogenated alkanes) is 2. The predicted molar refractivity (Wildman–Crippen MR) is 79.8 cm³/mol. The first kappa shape index (κ1) is 16.0. The zero-order chi connectivity index (χ0) is 13.9. The molecule has 0 saturated heterocycles. The van der Waals surface area contributed by atoms with Crippen LogP contribution in [0.4, 0.5) is 0 Å². The standard InChI is InChI=1S/C16H27NO2/c1-4-16(17-12-6-5-7-13-18-2)14-8-10-15(19-3)11-9-14/h8-11,16-17H,4-7,12-13H2,1-3H3. The van der Waals surface area contributed by atoms with E-state index in [4.69, 9.17) is 9.47 Å². The molecular weight excluding hydrogens is 238 g/mol. The molecule has 0 fully saturated rings. The Labute approximate surface area is 117 Å². The fourth-order valence-corrected chi connectivity index (χ4v) is 2.16. The lowest BCUT2D eigenvalue weighted by Gasteiger charge is -2.17. The summed E-state index contributed by atoms with van der Waals surface area (Å²) >= 11 is 0. The van der Waals surface area contributed by atoms with E-state index in [2.05, 4.69) is 24.4 Å². The Morgan fingerprint density at radius 3 is 2.37 bits per heavy atom. The minimum atomic E-state index is 0.438. The molecule has 0 radical (unpaired) electrons. The molecule has 0 aromatic heterocycles. The van der Waals surface area contributed by atoms with Gasteiger partial charge in [-0.25, -0.2) is 0 Å². The van der Waals surface area contributed by atoms with Gasteiger partial charge in [-0.15, -0.1) is 0 Å². The molecule has 1 rings (SSSR count). The van der Waals surface area contributed by atoms with E-state index in [0.29, 0.717) is 6.04 Å². The van der Waals surface area contributed by atoms with Gasteiger partial charge in [-0.2, -0.15) is 0 Å². The van der Waals surface area contributed by atoms with E-state index in [1.165, 1.54) is 18.4 Å². The molecule has 3 heteroatoms. The van der Waals surface area contributed by atoms with E-state index in [1.54, 1.807) is 14.2 Å². The fourth-order valence-electron chi connectivity index (χ4n) is 2.16. The van der Waals surface area contributed by atoms with Crippen molar-refractivity contribution >= 4 is 0 Å². The molecule has 0 aliphatic rings. The summed E-state index contributed by atoms with van der Waals surface area (Å²) < 4.78 is 10.2. The van der Waals surface area contributed by atoms with Gasteiger partial charge in [0, 0.05) is 19.8 Å².